The minimum absolute atomic E-state index is 0.00767. The van der Waals surface area contributed by atoms with E-state index >= 15 is 0 Å². The number of amides is 1. The first-order valence-corrected chi connectivity index (χ1v) is 10.2. The topological polar surface area (TPSA) is 116 Å². The molecule has 0 saturated carbocycles. The summed E-state index contributed by atoms with van der Waals surface area (Å²) < 4.78 is 5.00. The molecule has 0 bridgehead atoms. The first-order valence-electron chi connectivity index (χ1n) is 9.41. The lowest BCUT2D eigenvalue weighted by atomic mass is 10.0. The summed E-state index contributed by atoms with van der Waals surface area (Å²) in [4.78, 5) is 38.6. The van der Waals surface area contributed by atoms with Crippen molar-refractivity contribution in [3.63, 3.8) is 0 Å². The van der Waals surface area contributed by atoms with Crippen LogP contribution in [0.25, 0.3) is 0 Å². The van der Waals surface area contributed by atoms with Crippen molar-refractivity contribution in [3.05, 3.63) is 61.3 Å². The molecule has 1 aliphatic rings. The largest absolute Gasteiger partial charge is 0.466 e. The quantitative estimate of drug-likeness (QED) is 0.419. The number of carbonyl (C=O) groups excluding carboxylic acids is 2. The van der Waals surface area contributed by atoms with Gasteiger partial charge in [-0.15, -0.1) is 11.3 Å². The summed E-state index contributed by atoms with van der Waals surface area (Å²) in [6.07, 6.45) is 1.30. The van der Waals surface area contributed by atoms with Crippen LogP contribution in [-0.2, 0) is 40.1 Å². The van der Waals surface area contributed by atoms with Gasteiger partial charge in [0.2, 0.25) is 5.91 Å². The van der Waals surface area contributed by atoms with E-state index in [4.69, 9.17) is 10.5 Å². The first kappa shape index (κ1) is 20.9. The third-order valence-corrected chi connectivity index (χ3v) is 6.01. The van der Waals surface area contributed by atoms with Crippen molar-refractivity contribution in [2.75, 3.05) is 13.2 Å². The van der Waals surface area contributed by atoms with E-state index in [1.54, 1.807) is 35.3 Å². The van der Waals surface area contributed by atoms with Crippen molar-refractivity contribution >= 4 is 28.9 Å². The summed E-state index contributed by atoms with van der Waals surface area (Å²) in [7, 11) is 0. The number of nitro groups is 1. The highest BCUT2D eigenvalue weighted by atomic mass is 32.1. The Morgan fingerprint density at radius 3 is 2.72 bits per heavy atom. The molecule has 1 aliphatic heterocycles. The summed E-state index contributed by atoms with van der Waals surface area (Å²) >= 11 is 1.59. The van der Waals surface area contributed by atoms with Crippen LogP contribution >= 0.6 is 11.3 Å². The number of rotatable bonds is 7. The van der Waals surface area contributed by atoms with Crippen LogP contribution in [0.4, 0.5) is 5.69 Å². The number of thiophene rings is 1. The van der Waals surface area contributed by atoms with Gasteiger partial charge in [-0.2, -0.15) is 0 Å². The number of carbonyl (C=O) groups is 2. The van der Waals surface area contributed by atoms with Crippen LogP contribution in [0.2, 0.25) is 0 Å². The molecule has 1 atom stereocenters. The second-order valence-corrected chi connectivity index (χ2v) is 8.11. The van der Waals surface area contributed by atoms with E-state index in [2.05, 4.69) is 0 Å². The van der Waals surface area contributed by atoms with Crippen LogP contribution in [0.1, 0.15) is 27.8 Å². The number of non-ortho nitro benzene ring substituents is 1. The molecule has 2 aromatic rings. The molecule has 2 N–H and O–H groups in total. The average molecular weight is 417 g/mol. The normalized spacial score (nSPS) is 14.2. The van der Waals surface area contributed by atoms with Crippen molar-refractivity contribution in [2.45, 2.75) is 38.8 Å². The van der Waals surface area contributed by atoms with E-state index in [0.29, 0.717) is 26.1 Å². The number of esters is 1. The number of ether oxygens (including phenoxy) is 1. The molecule has 8 nitrogen and oxygen atoms in total. The monoisotopic (exact) mass is 417 g/mol. The van der Waals surface area contributed by atoms with Gasteiger partial charge in [-0.1, -0.05) is 12.1 Å². The predicted octanol–water partition coefficient (Wildman–Crippen LogP) is 2.22. The van der Waals surface area contributed by atoms with Crippen LogP contribution in [0.15, 0.2) is 30.3 Å². The van der Waals surface area contributed by atoms with E-state index in [0.717, 1.165) is 22.4 Å². The molecule has 29 heavy (non-hydrogen) atoms. The van der Waals surface area contributed by atoms with E-state index < -0.39 is 11.0 Å². The highest BCUT2D eigenvalue weighted by molar-refractivity contribution is 7.12. The zero-order valence-corrected chi connectivity index (χ0v) is 16.9. The molecule has 1 aromatic heterocycles. The fourth-order valence-electron chi connectivity index (χ4n) is 3.35. The Hall–Kier alpha value is -2.78. The van der Waals surface area contributed by atoms with Gasteiger partial charge in [-0.3, -0.25) is 19.7 Å². The maximum Gasteiger partial charge on any atom is 0.311 e. The van der Waals surface area contributed by atoms with E-state index in [1.807, 2.05) is 6.07 Å². The molecule has 2 heterocycles. The average Bonchev–Trinajstić information content (AvgIpc) is 3.09. The van der Waals surface area contributed by atoms with Crippen molar-refractivity contribution in [1.29, 1.82) is 0 Å². The highest BCUT2D eigenvalue weighted by Gasteiger charge is 2.27. The van der Waals surface area contributed by atoms with Gasteiger partial charge in [0.05, 0.1) is 24.0 Å². The minimum Gasteiger partial charge on any atom is -0.466 e. The number of hydrogen-bond donors (Lipinski definition) is 1. The predicted molar refractivity (Wildman–Crippen MR) is 109 cm³/mol. The van der Waals surface area contributed by atoms with Gasteiger partial charge in [0.1, 0.15) is 0 Å². The van der Waals surface area contributed by atoms with Gasteiger partial charge in [-0.25, -0.2) is 0 Å². The molecular formula is C20H23N3O5S. The Morgan fingerprint density at radius 2 is 2.07 bits per heavy atom. The van der Waals surface area contributed by atoms with E-state index in [1.165, 1.54) is 17.0 Å². The Kier molecular flexibility index (Phi) is 6.60. The third kappa shape index (κ3) is 5.18. The van der Waals surface area contributed by atoms with Crippen molar-refractivity contribution in [2.24, 2.45) is 5.73 Å². The van der Waals surface area contributed by atoms with Crippen molar-refractivity contribution < 1.29 is 19.2 Å². The number of benzene rings is 1. The molecule has 0 aliphatic carbocycles. The first-order chi connectivity index (χ1) is 13.9. The van der Waals surface area contributed by atoms with Crippen molar-refractivity contribution in [3.8, 4) is 0 Å². The van der Waals surface area contributed by atoms with Crippen LogP contribution in [0, 0.1) is 10.1 Å². The molecule has 154 valence electrons. The summed E-state index contributed by atoms with van der Waals surface area (Å²) in [6, 6.07) is 7.33. The third-order valence-electron chi connectivity index (χ3n) is 4.77. The van der Waals surface area contributed by atoms with Gasteiger partial charge < -0.3 is 15.4 Å². The Labute approximate surface area is 172 Å². The van der Waals surface area contributed by atoms with Gasteiger partial charge >= 0.3 is 5.97 Å². The summed E-state index contributed by atoms with van der Waals surface area (Å²) in [5.74, 6) is -0.392. The SMILES string of the molecule is CCOC(=O)Cc1cc2c(s1)CCN(C(=O)[C@@H](N)Cc1ccc([N+](=O)[O-])cc1)C2. The van der Waals surface area contributed by atoms with Crippen molar-refractivity contribution in [1.82, 2.24) is 4.90 Å². The summed E-state index contributed by atoms with van der Waals surface area (Å²) in [5, 5.41) is 10.7. The molecule has 9 heteroatoms. The van der Waals surface area contributed by atoms with Crippen LogP contribution in [0.3, 0.4) is 0 Å². The smallest absolute Gasteiger partial charge is 0.311 e. The zero-order valence-electron chi connectivity index (χ0n) is 16.1. The number of fused-ring (bicyclic) bond motifs is 1. The number of hydrogen-bond acceptors (Lipinski definition) is 7. The maximum atomic E-state index is 12.8. The van der Waals surface area contributed by atoms with Crippen LogP contribution < -0.4 is 5.73 Å². The van der Waals surface area contributed by atoms with Gasteiger partial charge in [0.25, 0.3) is 5.69 Å². The molecule has 0 spiro atoms. The fourth-order valence-corrected chi connectivity index (χ4v) is 4.51. The molecule has 0 saturated heterocycles. The van der Waals surface area contributed by atoms with Crippen LogP contribution in [0.5, 0.6) is 0 Å². The lowest BCUT2D eigenvalue weighted by Gasteiger charge is -2.29. The van der Waals surface area contributed by atoms with Crippen LogP contribution in [-0.4, -0.2) is 40.9 Å². The van der Waals surface area contributed by atoms with Gasteiger partial charge in [-0.05, 0) is 37.0 Å². The highest BCUT2D eigenvalue weighted by Crippen LogP contribution is 2.29. The Morgan fingerprint density at radius 1 is 1.34 bits per heavy atom. The summed E-state index contributed by atoms with van der Waals surface area (Å²) in [6.45, 7) is 3.19. The summed E-state index contributed by atoms with van der Waals surface area (Å²) in [5.41, 5.74) is 7.96. The minimum atomic E-state index is -0.712. The maximum absolute atomic E-state index is 12.8. The number of nitrogens with zero attached hydrogens (tertiary/aromatic N) is 2. The molecule has 1 amide bonds. The second kappa shape index (κ2) is 9.15. The lowest BCUT2D eigenvalue weighted by Crippen LogP contribution is -2.46. The fraction of sp³-hybridized carbons (Fsp3) is 0.400. The molecule has 0 radical (unpaired) electrons. The zero-order chi connectivity index (χ0) is 21.0. The molecular weight excluding hydrogens is 394 g/mol. The lowest BCUT2D eigenvalue weighted by molar-refractivity contribution is -0.384. The second-order valence-electron chi connectivity index (χ2n) is 6.89. The standard InChI is InChI=1S/C20H23N3O5S/c1-2-28-19(24)11-16-10-14-12-22(8-7-18(14)29-16)20(25)17(21)9-13-3-5-15(6-4-13)23(26)27/h3-6,10,17H,2,7-9,11-12,21H2,1H3/t17-/m0/s1. The number of nitro benzene ring substituents is 1. The molecule has 1 aromatic carbocycles. The molecule has 0 fully saturated rings. The van der Waals surface area contributed by atoms with Gasteiger partial charge in [0.15, 0.2) is 0 Å². The van der Waals surface area contributed by atoms with E-state index in [9.17, 15) is 19.7 Å². The van der Waals surface area contributed by atoms with E-state index in [-0.39, 0.29) is 24.0 Å². The molecule has 0 unspecified atom stereocenters. The Balaban J connectivity index is 1.60. The Bertz CT molecular complexity index is 909. The molecule has 3 rings (SSSR count). The van der Waals surface area contributed by atoms with Gasteiger partial charge in [0, 0.05) is 35.0 Å². The number of nitrogens with two attached hydrogens (primary N) is 1.